The van der Waals surface area contributed by atoms with Gasteiger partial charge in [0, 0.05) is 19.0 Å². The summed E-state index contributed by atoms with van der Waals surface area (Å²) in [4.78, 5) is 14.2. The van der Waals surface area contributed by atoms with Crippen molar-refractivity contribution in [2.24, 2.45) is 0 Å². The summed E-state index contributed by atoms with van der Waals surface area (Å²) < 4.78 is 23.7. The van der Waals surface area contributed by atoms with Gasteiger partial charge in [-0.1, -0.05) is 29.8 Å². The predicted molar refractivity (Wildman–Crippen MR) is 88.2 cm³/mol. The largest absolute Gasteiger partial charge is 0.311 e. The van der Waals surface area contributed by atoms with E-state index in [4.69, 9.17) is 0 Å². The first-order valence-corrected chi connectivity index (χ1v) is 8.75. The molecule has 4 nitrogen and oxygen atoms in total. The molecule has 1 amide bonds. The fraction of sp³-hybridized carbons (Fsp3) is 0.235. The van der Waals surface area contributed by atoms with E-state index in [1.54, 1.807) is 25.2 Å². The molecule has 22 heavy (non-hydrogen) atoms. The van der Waals surface area contributed by atoms with Gasteiger partial charge in [-0.3, -0.25) is 4.79 Å². The maximum absolute atomic E-state index is 12.7. The quantitative estimate of drug-likeness (QED) is 0.874. The Labute approximate surface area is 131 Å². The molecule has 0 heterocycles. The first kappa shape index (κ1) is 16.2. The van der Waals surface area contributed by atoms with Crippen molar-refractivity contribution in [1.82, 2.24) is 0 Å². The Morgan fingerprint density at radius 2 is 1.68 bits per heavy atom. The first-order valence-electron chi connectivity index (χ1n) is 6.86. The van der Waals surface area contributed by atoms with Gasteiger partial charge in [0.05, 0.1) is 10.5 Å². The Kier molecular flexibility index (Phi) is 4.37. The summed E-state index contributed by atoms with van der Waals surface area (Å²) in [6.45, 7) is 3.91. The molecule has 0 radical (unpaired) electrons. The van der Waals surface area contributed by atoms with Crippen molar-refractivity contribution in [3.05, 3.63) is 59.2 Å². The lowest BCUT2D eigenvalue weighted by molar-refractivity contribution is 0.0989. The molecule has 0 aromatic heterocycles. The van der Waals surface area contributed by atoms with Gasteiger partial charge in [0.2, 0.25) is 0 Å². The normalized spacial score (nSPS) is 11.3. The van der Waals surface area contributed by atoms with Crippen molar-refractivity contribution < 1.29 is 13.2 Å². The summed E-state index contributed by atoms with van der Waals surface area (Å²) >= 11 is 0. The van der Waals surface area contributed by atoms with Gasteiger partial charge in [-0.25, -0.2) is 8.42 Å². The smallest absolute Gasteiger partial charge is 0.259 e. The van der Waals surface area contributed by atoms with E-state index < -0.39 is 9.84 Å². The molecular weight excluding hydrogens is 298 g/mol. The highest BCUT2D eigenvalue weighted by molar-refractivity contribution is 7.90. The number of hydrogen-bond donors (Lipinski definition) is 0. The van der Waals surface area contributed by atoms with Crippen molar-refractivity contribution in [2.75, 3.05) is 18.2 Å². The predicted octanol–water partition coefficient (Wildman–Crippen LogP) is 2.98. The fourth-order valence-corrected chi connectivity index (χ4v) is 3.32. The van der Waals surface area contributed by atoms with Gasteiger partial charge in [-0.15, -0.1) is 0 Å². The monoisotopic (exact) mass is 317 g/mol. The Morgan fingerprint density at radius 3 is 2.27 bits per heavy atom. The van der Waals surface area contributed by atoms with Gasteiger partial charge in [0.1, 0.15) is 0 Å². The molecule has 5 heteroatoms. The molecule has 2 aromatic rings. The Balaban J connectivity index is 2.49. The zero-order valence-electron chi connectivity index (χ0n) is 13.1. The summed E-state index contributed by atoms with van der Waals surface area (Å²) in [5.41, 5.74) is 3.03. The van der Waals surface area contributed by atoms with Crippen LogP contribution in [0.1, 0.15) is 21.5 Å². The third-order valence-electron chi connectivity index (χ3n) is 3.54. The number of benzene rings is 2. The topological polar surface area (TPSA) is 54.5 Å². The lowest BCUT2D eigenvalue weighted by Crippen LogP contribution is -2.28. The Hall–Kier alpha value is -2.14. The third-order valence-corrected chi connectivity index (χ3v) is 4.69. The van der Waals surface area contributed by atoms with Crippen molar-refractivity contribution in [3.8, 4) is 0 Å². The second kappa shape index (κ2) is 5.93. The molecule has 0 saturated heterocycles. The molecular formula is C17H19NO3S. The van der Waals surface area contributed by atoms with Crippen LogP contribution in [-0.2, 0) is 9.84 Å². The first-order chi connectivity index (χ1) is 10.2. The van der Waals surface area contributed by atoms with E-state index >= 15 is 0 Å². The maximum Gasteiger partial charge on any atom is 0.259 e. The van der Waals surface area contributed by atoms with Gasteiger partial charge < -0.3 is 4.90 Å². The number of aryl methyl sites for hydroxylation is 2. The minimum absolute atomic E-state index is 0.0524. The standard InChI is InChI=1S/C17H19NO3S/c1-12-9-10-15(13(2)11-12)18(3)17(19)14-7-5-6-8-16(14)22(4,20)21/h5-11H,1-4H3. The molecule has 0 aliphatic carbocycles. The van der Waals surface area contributed by atoms with Crippen LogP contribution in [0.5, 0.6) is 0 Å². The van der Waals surface area contributed by atoms with Crippen LogP contribution in [0.2, 0.25) is 0 Å². The molecule has 0 unspecified atom stereocenters. The number of amides is 1. The highest BCUT2D eigenvalue weighted by Gasteiger charge is 2.22. The van der Waals surface area contributed by atoms with Crippen LogP contribution < -0.4 is 4.90 Å². The van der Waals surface area contributed by atoms with Crippen LogP contribution >= 0.6 is 0 Å². The lowest BCUT2D eigenvalue weighted by Gasteiger charge is -2.21. The number of anilines is 1. The van der Waals surface area contributed by atoms with Crippen molar-refractivity contribution >= 4 is 21.4 Å². The number of nitrogens with zero attached hydrogens (tertiary/aromatic N) is 1. The highest BCUT2D eigenvalue weighted by Crippen LogP contribution is 2.24. The van der Waals surface area contributed by atoms with E-state index in [0.29, 0.717) is 0 Å². The minimum Gasteiger partial charge on any atom is -0.311 e. The summed E-state index contributed by atoms with van der Waals surface area (Å²) in [5.74, 6) is -0.340. The zero-order chi connectivity index (χ0) is 16.5. The molecule has 2 aromatic carbocycles. The molecule has 0 spiro atoms. The van der Waals surface area contributed by atoms with Crippen LogP contribution in [0.25, 0.3) is 0 Å². The van der Waals surface area contributed by atoms with Crippen LogP contribution in [0.4, 0.5) is 5.69 Å². The van der Waals surface area contributed by atoms with Crippen LogP contribution in [-0.4, -0.2) is 27.6 Å². The van der Waals surface area contributed by atoms with E-state index in [1.807, 2.05) is 32.0 Å². The molecule has 116 valence electrons. The number of carbonyl (C=O) groups excluding carboxylic acids is 1. The molecule has 2 rings (SSSR count). The third kappa shape index (κ3) is 3.20. The van der Waals surface area contributed by atoms with Crippen molar-refractivity contribution in [1.29, 1.82) is 0 Å². The lowest BCUT2D eigenvalue weighted by atomic mass is 10.1. The van der Waals surface area contributed by atoms with Gasteiger partial charge in [-0.05, 0) is 37.6 Å². The average Bonchev–Trinajstić information content (AvgIpc) is 2.45. The summed E-state index contributed by atoms with van der Waals surface area (Å²) in [6, 6.07) is 12.1. The van der Waals surface area contributed by atoms with E-state index in [1.165, 1.54) is 11.0 Å². The van der Waals surface area contributed by atoms with E-state index in [2.05, 4.69) is 0 Å². The number of sulfone groups is 1. The van der Waals surface area contributed by atoms with Crippen molar-refractivity contribution in [3.63, 3.8) is 0 Å². The Morgan fingerprint density at radius 1 is 1.05 bits per heavy atom. The van der Waals surface area contributed by atoms with Crippen LogP contribution in [0.15, 0.2) is 47.4 Å². The molecule has 0 bridgehead atoms. The van der Waals surface area contributed by atoms with Crippen molar-refractivity contribution in [2.45, 2.75) is 18.7 Å². The van der Waals surface area contributed by atoms with Gasteiger partial charge in [-0.2, -0.15) is 0 Å². The molecule has 0 atom stereocenters. The molecule has 0 N–H and O–H groups in total. The number of carbonyl (C=O) groups is 1. The zero-order valence-corrected chi connectivity index (χ0v) is 13.9. The maximum atomic E-state index is 12.7. The number of hydrogen-bond acceptors (Lipinski definition) is 3. The molecule has 0 aliphatic rings. The summed E-state index contributed by atoms with van der Waals surface area (Å²) in [6.07, 6.45) is 1.11. The average molecular weight is 317 g/mol. The van der Waals surface area contributed by atoms with Crippen LogP contribution in [0, 0.1) is 13.8 Å². The van der Waals surface area contributed by atoms with Gasteiger partial charge >= 0.3 is 0 Å². The second-order valence-corrected chi connectivity index (χ2v) is 7.41. The molecule has 0 saturated carbocycles. The fourth-order valence-electron chi connectivity index (χ4n) is 2.44. The summed E-state index contributed by atoms with van der Waals surface area (Å²) in [7, 11) is -1.81. The van der Waals surface area contributed by atoms with Crippen LogP contribution in [0.3, 0.4) is 0 Å². The number of rotatable bonds is 3. The second-order valence-electron chi connectivity index (χ2n) is 5.42. The Bertz CT molecular complexity index is 826. The van der Waals surface area contributed by atoms with Gasteiger partial charge in [0.15, 0.2) is 9.84 Å². The SMILES string of the molecule is Cc1ccc(N(C)C(=O)c2ccccc2S(C)(=O)=O)c(C)c1. The van der Waals surface area contributed by atoms with E-state index in [9.17, 15) is 13.2 Å². The highest BCUT2D eigenvalue weighted by atomic mass is 32.2. The van der Waals surface area contributed by atoms with E-state index in [0.717, 1.165) is 23.1 Å². The van der Waals surface area contributed by atoms with Gasteiger partial charge in [0.25, 0.3) is 5.91 Å². The minimum atomic E-state index is -3.46. The summed E-state index contributed by atoms with van der Waals surface area (Å²) in [5, 5.41) is 0. The van der Waals surface area contributed by atoms with E-state index in [-0.39, 0.29) is 16.4 Å². The molecule has 0 fully saturated rings. The molecule has 0 aliphatic heterocycles.